The van der Waals surface area contributed by atoms with Gasteiger partial charge in [0.2, 0.25) is 0 Å². The first-order valence-electron chi connectivity index (χ1n) is 6.41. The lowest BCUT2D eigenvalue weighted by atomic mass is 10.1. The summed E-state index contributed by atoms with van der Waals surface area (Å²) in [6, 6.07) is 7.56. The summed E-state index contributed by atoms with van der Waals surface area (Å²) in [4.78, 5) is 11.7. The van der Waals surface area contributed by atoms with Crippen molar-refractivity contribution in [2.24, 2.45) is 5.73 Å². The van der Waals surface area contributed by atoms with Gasteiger partial charge in [0.05, 0.1) is 12.6 Å². The third kappa shape index (κ3) is 2.24. The average molecular weight is 260 g/mol. The second kappa shape index (κ2) is 5.05. The zero-order valence-electron chi connectivity index (χ0n) is 11.8. The highest BCUT2D eigenvalue weighted by Gasteiger charge is 2.23. The summed E-state index contributed by atoms with van der Waals surface area (Å²) in [5.41, 5.74) is 9.11. The van der Waals surface area contributed by atoms with Crippen molar-refractivity contribution >= 4 is 16.9 Å². The van der Waals surface area contributed by atoms with Gasteiger partial charge in [-0.1, -0.05) is 18.2 Å². The fourth-order valence-corrected chi connectivity index (χ4v) is 2.53. The van der Waals surface area contributed by atoms with Crippen molar-refractivity contribution in [2.45, 2.75) is 32.9 Å². The van der Waals surface area contributed by atoms with E-state index in [4.69, 9.17) is 10.5 Å². The maximum atomic E-state index is 11.7. The number of benzene rings is 1. The van der Waals surface area contributed by atoms with Gasteiger partial charge in [0.15, 0.2) is 0 Å². The first-order chi connectivity index (χ1) is 8.97. The van der Waals surface area contributed by atoms with Crippen molar-refractivity contribution in [1.82, 2.24) is 4.57 Å². The van der Waals surface area contributed by atoms with E-state index in [1.54, 1.807) is 0 Å². The number of fused-ring (bicyclic) bond motifs is 1. The van der Waals surface area contributed by atoms with Crippen molar-refractivity contribution in [3.8, 4) is 0 Å². The number of aromatic nitrogens is 1. The molecule has 0 saturated carbocycles. The van der Waals surface area contributed by atoms with Crippen LogP contribution in [0, 0.1) is 6.92 Å². The summed E-state index contributed by atoms with van der Waals surface area (Å²) in [6.45, 7) is 6.23. The number of nitrogens with zero attached hydrogens (tertiary/aromatic N) is 1. The van der Waals surface area contributed by atoms with Crippen LogP contribution in [-0.2, 0) is 9.53 Å². The van der Waals surface area contributed by atoms with E-state index < -0.39 is 12.0 Å². The van der Waals surface area contributed by atoms with E-state index in [1.165, 1.54) is 12.7 Å². The van der Waals surface area contributed by atoms with Crippen LogP contribution in [-0.4, -0.2) is 17.6 Å². The summed E-state index contributed by atoms with van der Waals surface area (Å²) in [5, 5.41) is 1.10. The number of ether oxygens (including phenoxy) is 1. The van der Waals surface area contributed by atoms with Crippen molar-refractivity contribution in [3.05, 3.63) is 35.5 Å². The number of rotatable bonds is 3. The number of para-hydroxylation sites is 1. The normalized spacial score (nSPS) is 12.9. The predicted octanol–water partition coefficient (Wildman–Crippen LogP) is 2.70. The van der Waals surface area contributed by atoms with E-state index in [1.807, 2.05) is 18.2 Å². The van der Waals surface area contributed by atoms with Crippen molar-refractivity contribution in [2.75, 3.05) is 7.11 Å². The van der Waals surface area contributed by atoms with Gasteiger partial charge in [-0.25, -0.2) is 4.79 Å². The van der Waals surface area contributed by atoms with Gasteiger partial charge >= 0.3 is 5.97 Å². The summed E-state index contributed by atoms with van der Waals surface area (Å²) in [6.07, 6.45) is 0. The first kappa shape index (κ1) is 13.6. The Labute approximate surface area is 113 Å². The molecule has 2 rings (SSSR count). The molecule has 0 spiro atoms. The van der Waals surface area contributed by atoms with E-state index in [0.717, 1.165) is 16.6 Å². The Kier molecular flexibility index (Phi) is 3.62. The standard InChI is InChI=1S/C15H20N2O2/c1-9(2)17-12(13(16)15(18)19-4)8-11-7-5-6-10(3)14(11)17/h5-9,13H,16H2,1-4H3. The van der Waals surface area contributed by atoms with Gasteiger partial charge in [-0.3, -0.25) is 0 Å². The molecule has 1 heterocycles. The molecule has 4 heteroatoms. The molecular weight excluding hydrogens is 240 g/mol. The van der Waals surface area contributed by atoms with Crippen LogP contribution in [0.5, 0.6) is 0 Å². The van der Waals surface area contributed by atoms with Crippen molar-refractivity contribution in [3.63, 3.8) is 0 Å². The largest absolute Gasteiger partial charge is 0.468 e. The number of esters is 1. The molecule has 0 fully saturated rings. The van der Waals surface area contributed by atoms with E-state index in [0.29, 0.717) is 0 Å². The topological polar surface area (TPSA) is 57.2 Å². The number of hydrogen-bond acceptors (Lipinski definition) is 3. The molecule has 0 aliphatic rings. The fraction of sp³-hybridized carbons (Fsp3) is 0.400. The van der Waals surface area contributed by atoms with Crippen LogP contribution in [0.15, 0.2) is 24.3 Å². The van der Waals surface area contributed by atoms with Gasteiger partial charge in [0.1, 0.15) is 6.04 Å². The molecular formula is C15H20N2O2. The van der Waals surface area contributed by atoms with Crippen LogP contribution in [0.25, 0.3) is 10.9 Å². The van der Waals surface area contributed by atoms with Gasteiger partial charge in [0, 0.05) is 17.1 Å². The molecule has 0 aliphatic carbocycles. The highest BCUT2D eigenvalue weighted by atomic mass is 16.5. The molecule has 4 nitrogen and oxygen atoms in total. The van der Waals surface area contributed by atoms with Gasteiger partial charge < -0.3 is 15.0 Å². The molecule has 0 bridgehead atoms. The molecule has 1 unspecified atom stereocenters. The van der Waals surface area contributed by atoms with Gasteiger partial charge in [-0.15, -0.1) is 0 Å². The summed E-state index contributed by atoms with van der Waals surface area (Å²) in [7, 11) is 1.36. The predicted molar refractivity (Wildman–Crippen MR) is 76.0 cm³/mol. The number of aryl methyl sites for hydroxylation is 1. The third-order valence-electron chi connectivity index (χ3n) is 3.38. The highest BCUT2D eigenvalue weighted by molar-refractivity contribution is 5.87. The first-order valence-corrected chi connectivity index (χ1v) is 6.41. The number of carbonyl (C=O) groups excluding carboxylic acids is 1. The maximum absolute atomic E-state index is 11.7. The van der Waals surface area contributed by atoms with Crippen LogP contribution in [0.2, 0.25) is 0 Å². The number of carbonyl (C=O) groups is 1. The minimum Gasteiger partial charge on any atom is -0.468 e. The average Bonchev–Trinajstić information content (AvgIpc) is 2.77. The molecule has 102 valence electrons. The Morgan fingerprint density at radius 1 is 1.37 bits per heavy atom. The Morgan fingerprint density at radius 3 is 2.63 bits per heavy atom. The van der Waals surface area contributed by atoms with Gasteiger partial charge in [-0.2, -0.15) is 0 Å². The minimum atomic E-state index is -0.751. The van der Waals surface area contributed by atoms with Gasteiger partial charge in [0.25, 0.3) is 0 Å². The zero-order valence-corrected chi connectivity index (χ0v) is 11.8. The summed E-state index contributed by atoms with van der Waals surface area (Å²) >= 11 is 0. The number of hydrogen-bond donors (Lipinski definition) is 1. The van der Waals surface area contributed by atoms with Crippen molar-refractivity contribution < 1.29 is 9.53 Å². The summed E-state index contributed by atoms with van der Waals surface area (Å²) in [5.74, 6) is -0.414. The lowest BCUT2D eigenvalue weighted by molar-refractivity contribution is -0.142. The fourth-order valence-electron chi connectivity index (χ4n) is 2.53. The SMILES string of the molecule is COC(=O)C(N)c1cc2cccc(C)c2n1C(C)C. The van der Waals surface area contributed by atoms with Gasteiger partial charge in [-0.05, 0) is 32.4 Å². The zero-order chi connectivity index (χ0) is 14.2. The molecule has 2 aromatic rings. The molecule has 19 heavy (non-hydrogen) atoms. The van der Waals surface area contributed by atoms with E-state index >= 15 is 0 Å². The molecule has 1 aromatic heterocycles. The van der Waals surface area contributed by atoms with Crippen LogP contribution < -0.4 is 5.73 Å². The molecule has 0 radical (unpaired) electrons. The monoisotopic (exact) mass is 260 g/mol. The van der Waals surface area contributed by atoms with E-state index in [-0.39, 0.29) is 6.04 Å². The molecule has 2 N–H and O–H groups in total. The van der Waals surface area contributed by atoms with Crippen LogP contribution in [0.3, 0.4) is 0 Å². The van der Waals surface area contributed by atoms with E-state index in [9.17, 15) is 4.79 Å². The molecule has 0 saturated heterocycles. The minimum absolute atomic E-state index is 0.226. The third-order valence-corrected chi connectivity index (χ3v) is 3.38. The Morgan fingerprint density at radius 2 is 2.05 bits per heavy atom. The van der Waals surface area contributed by atoms with Crippen LogP contribution >= 0.6 is 0 Å². The highest BCUT2D eigenvalue weighted by Crippen LogP contribution is 2.29. The number of methoxy groups -OCH3 is 1. The smallest absolute Gasteiger partial charge is 0.328 e. The van der Waals surface area contributed by atoms with Crippen molar-refractivity contribution in [1.29, 1.82) is 0 Å². The summed E-state index contributed by atoms with van der Waals surface area (Å²) < 4.78 is 6.87. The van der Waals surface area contributed by atoms with Crippen LogP contribution in [0.1, 0.15) is 37.2 Å². The Hall–Kier alpha value is -1.81. The Balaban J connectivity index is 2.71. The second-order valence-corrected chi connectivity index (χ2v) is 5.05. The van der Waals surface area contributed by atoms with Crippen LogP contribution in [0.4, 0.5) is 0 Å². The molecule has 1 atom stereocenters. The second-order valence-electron chi connectivity index (χ2n) is 5.05. The molecule has 1 aromatic carbocycles. The lowest BCUT2D eigenvalue weighted by Gasteiger charge is -2.18. The lowest BCUT2D eigenvalue weighted by Crippen LogP contribution is -2.25. The molecule has 0 aliphatic heterocycles. The maximum Gasteiger partial charge on any atom is 0.328 e. The number of nitrogens with two attached hydrogens (primary N) is 1. The molecule has 0 amide bonds. The van der Waals surface area contributed by atoms with E-state index in [2.05, 4.69) is 31.4 Å². The Bertz CT molecular complexity index is 614. The quantitative estimate of drug-likeness (QED) is 0.863.